The van der Waals surface area contributed by atoms with E-state index < -0.39 is 19.8 Å². The first kappa shape index (κ1) is 24.4. The van der Waals surface area contributed by atoms with Crippen molar-refractivity contribution < 1.29 is 29.0 Å². The molecule has 0 radical (unpaired) electrons. The van der Waals surface area contributed by atoms with Gasteiger partial charge in [0.05, 0.1) is 21.6 Å². The number of methoxy groups -OCH3 is 1. The summed E-state index contributed by atoms with van der Waals surface area (Å²) in [6.07, 6.45) is 0.428. The SMILES string of the molecule is COC(=O)c1ccc(Cc2cc(Oc3c(Br)cc(C(C)(O)P=O)cc3Br)ccc2O)cc1. The van der Waals surface area contributed by atoms with Crippen LogP contribution in [-0.2, 0) is 21.1 Å². The zero-order valence-electron chi connectivity index (χ0n) is 17.1. The first-order valence-corrected chi connectivity index (χ1v) is 11.8. The average Bonchev–Trinajstić information content (AvgIpc) is 2.78. The molecule has 166 valence electrons. The smallest absolute Gasteiger partial charge is 0.337 e. The number of esters is 1. The number of carbonyl (C=O) groups is 1. The molecule has 0 aromatic heterocycles. The summed E-state index contributed by atoms with van der Waals surface area (Å²) in [5.41, 5.74) is 2.44. The van der Waals surface area contributed by atoms with Crippen molar-refractivity contribution in [2.45, 2.75) is 18.7 Å². The van der Waals surface area contributed by atoms with Crippen LogP contribution in [0, 0.1) is 0 Å². The van der Waals surface area contributed by atoms with E-state index in [1.807, 2.05) is 0 Å². The van der Waals surface area contributed by atoms with Crippen molar-refractivity contribution in [3.63, 3.8) is 0 Å². The molecule has 6 nitrogen and oxygen atoms in total. The Morgan fingerprint density at radius 3 is 2.25 bits per heavy atom. The lowest BCUT2D eigenvalue weighted by atomic mass is 10.0. The quantitative estimate of drug-likeness (QED) is 0.243. The molecule has 3 rings (SSSR count). The van der Waals surface area contributed by atoms with Crippen LogP contribution in [0.15, 0.2) is 63.5 Å². The first-order valence-electron chi connectivity index (χ1n) is 9.38. The van der Waals surface area contributed by atoms with Gasteiger partial charge in [-0.25, -0.2) is 4.79 Å². The van der Waals surface area contributed by atoms with E-state index in [0.29, 0.717) is 43.6 Å². The van der Waals surface area contributed by atoms with Crippen molar-refractivity contribution in [2.75, 3.05) is 7.11 Å². The van der Waals surface area contributed by atoms with Gasteiger partial charge in [0.1, 0.15) is 11.5 Å². The van der Waals surface area contributed by atoms with Gasteiger partial charge < -0.3 is 19.7 Å². The molecule has 0 heterocycles. The van der Waals surface area contributed by atoms with Gasteiger partial charge >= 0.3 is 5.97 Å². The van der Waals surface area contributed by atoms with E-state index in [-0.39, 0.29) is 5.75 Å². The van der Waals surface area contributed by atoms with Crippen molar-refractivity contribution in [3.05, 3.63) is 85.8 Å². The van der Waals surface area contributed by atoms with Gasteiger partial charge in [-0.3, -0.25) is 4.57 Å². The predicted molar refractivity (Wildman–Crippen MR) is 128 cm³/mol. The molecule has 0 aliphatic heterocycles. The second-order valence-corrected chi connectivity index (χ2v) is 9.90. The minimum Gasteiger partial charge on any atom is -0.508 e. The Bertz CT molecular complexity index is 1140. The Balaban J connectivity index is 1.85. The van der Waals surface area contributed by atoms with Gasteiger partial charge in [-0.2, -0.15) is 0 Å². The maximum absolute atomic E-state index is 11.6. The second-order valence-electron chi connectivity index (χ2n) is 7.14. The number of hydrogen-bond donors (Lipinski definition) is 2. The van der Waals surface area contributed by atoms with Crippen molar-refractivity contribution >= 4 is 46.3 Å². The van der Waals surface area contributed by atoms with Gasteiger partial charge in [-0.05, 0) is 92.4 Å². The number of benzene rings is 3. The molecule has 0 spiro atoms. The lowest BCUT2D eigenvalue weighted by Crippen LogP contribution is -2.12. The van der Waals surface area contributed by atoms with E-state index in [1.165, 1.54) is 14.0 Å². The van der Waals surface area contributed by atoms with Gasteiger partial charge in [0, 0.05) is 12.0 Å². The van der Waals surface area contributed by atoms with Crippen LogP contribution in [0.3, 0.4) is 0 Å². The normalized spacial score (nSPS) is 12.9. The minimum atomic E-state index is -1.53. The molecule has 0 aliphatic rings. The summed E-state index contributed by atoms with van der Waals surface area (Å²) in [5, 5.41) is 19.0. The Hall–Kier alpha value is -2.25. The molecule has 2 N–H and O–H groups in total. The number of hydrogen-bond acceptors (Lipinski definition) is 6. The van der Waals surface area contributed by atoms with Crippen LogP contribution in [0.5, 0.6) is 17.2 Å². The third-order valence-electron chi connectivity index (χ3n) is 4.76. The fourth-order valence-corrected chi connectivity index (χ4v) is 4.55. The molecule has 0 saturated heterocycles. The Kier molecular flexibility index (Phi) is 7.72. The summed E-state index contributed by atoms with van der Waals surface area (Å²) in [7, 11) is 0.909. The van der Waals surface area contributed by atoms with E-state index in [1.54, 1.807) is 54.6 Å². The van der Waals surface area contributed by atoms with E-state index >= 15 is 0 Å². The number of rotatable bonds is 7. The van der Waals surface area contributed by atoms with Crippen LogP contribution in [-0.4, -0.2) is 23.3 Å². The maximum atomic E-state index is 11.6. The number of carbonyl (C=O) groups excluding carboxylic acids is 1. The van der Waals surface area contributed by atoms with E-state index in [2.05, 4.69) is 31.9 Å². The highest BCUT2D eigenvalue weighted by molar-refractivity contribution is 9.11. The lowest BCUT2D eigenvalue weighted by molar-refractivity contribution is 0.0600. The van der Waals surface area contributed by atoms with Crippen molar-refractivity contribution in [2.24, 2.45) is 0 Å². The molecule has 3 aromatic carbocycles. The molecular formula is C23H19Br2O6P. The molecule has 9 heteroatoms. The molecular weight excluding hydrogens is 563 g/mol. The Morgan fingerprint density at radius 2 is 1.69 bits per heavy atom. The molecule has 1 unspecified atom stereocenters. The zero-order chi connectivity index (χ0) is 23.5. The predicted octanol–water partition coefficient (Wildman–Crippen LogP) is 6.54. The molecule has 0 aliphatic carbocycles. The fraction of sp³-hybridized carbons (Fsp3) is 0.174. The number of halogens is 2. The monoisotopic (exact) mass is 580 g/mol. The van der Waals surface area contributed by atoms with Crippen LogP contribution in [0.1, 0.15) is 34.0 Å². The number of phenolic OH excluding ortho intramolecular Hbond substituents is 1. The second kappa shape index (κ2) is 10.1. The molecule has 0 saturated carbocycles. The highest BCUT2D eigenvalue weighted by atomic mass is 79.9. The van der Waals surface area contributed by atoms with Crippen LogP contribution >= 0.6 is 40.3 Å². The molecule has 1 atom stereocenters. The topological polar surface area (TPSA) is 93.1 Å². The van der Waals surface area contributed by atoms with E-state index in [0.717, 1.165) is 5.56 Å². The van der Waals surface area contributed by atoms with Gasteiger partial charge in [0.2, 0.25) is 0 Å². The zero-order valence-corrected chi connectivity index (χ0v) is 21.2. The molecule has 3 aromatic rings. The summed E-state index contributed by atoms with van der Waals surface area (Å²) in [5.74, 6) is 0.666. The van der Waals surface area contributed by atoms with Gasteiger partial charge in [0.15, 0.2) is 19.6 Å². The number of aliphatic hydroxyl groups is 1. The largest absolute Gasteiger partial charge is 0.508 e. The summed E-state index contributed by atoms with van der Waals surface area (Å²) in [6.45, 7) is 1.44. The number of ether oxygens (including phenoxy) is 2. The molecule has 0 amide bonds. The fourth-order valence-electron chi connectivity index (χ4n) is 2.96. The first-order chi connectivity index (χ1) is 15.1. The van der Waals surface area contributed by atoms with Gasteiger partial charge in [-0.15, -0.1) is 0 Å². The minimum absolute atomic E-state index is 0.119. The summed E-state index contributed by atoms with van der Waals surface area (Å²) < 4.78 is 23.1. The number of aromatic hydroxyl groups is 1. The maximum Gasteiger partial charge on any atom is 0.337 e. The molecule has 0 bridgehead atoms. The van der Waals surface area contributed by atoms with E-state index in [4.69, 9.17) is 9.47 Å². The highest BCUT2D eigenvalue weighted by Gasteiger charge is 2.26. The highest BCUT2D eigenvalue weighted by Crippen LogP contribution is 2.43. The Morgan fingerprint density at radius 1 is 1.06 bits per heavy atom. The van der Waals surface area contributed by atoms with E-state index in [9.17, 15) is 19.6 Å². The van der Waals surface area contributed by atoms with Gasteiger partial charge in [0.25, 0.3) is 0 Å². The summed E-state index contributed by atoms with van der Waals surface area (Å²) in [4.78, 5) is 11.6. The standard InChI is InChI=1S/C23H19Br2O6P/c1-23(28,32-29)16-11-18(24)21(19(25)12-16)31-17-7-8-20(26)15(10-17)9-13-3-5-14(6-4-13)22(27)30-2/h3-8,10-12,26,28H,9H2,1-2H3. The van der Waals surface area contributed by atoms with Gasteiger partial charge in [-0.1, -0.05) is 12.1 Å². The number of phenols is 1. The molecule has 32 heavy (non-hydrogen) atoms. The van der Waals surface area contributed by atoms with Crippen molar-refractivity contribution in [3.8, 4) is 17.2 Å². The van der Waals surface area contributed by atoms with Crippen molar-refractivity contribution in [1.82, 2.24) is 0 Å². The average molecular weight is 582 g/mol. The lowest BCUT2D eigenvalue weighted by Gasteiger charge is -2.18. The van der Waals surface area contributed by atoms with Crippen LogP contribution in [0.2, 0.25) is 0 Å². The third-order valence-corrected chi connectivity index (χ3v) is 6.56. The molecule has 0 fully saturated rings. The van der Waals surface area contributed by atoms with Crippen LogP contribution < -0.4 is 4.74 Å². The van der Waals surface area contributed by atoms with Crippen LogP contribution in [0.4, 0.5) is 0 Å². The summed E-state index contributed by atoms with van der Waals surface area (Å²) >= 11 is 6.86. The summed E-state index contributed by atoms with van der Waals surface area (Å²) in [6, 6.07) is 15.1. The third kappa shape index (κ3) is 5.56. The van der Waals surface area contributed by atoms with Crippen molar-refractivity contribution in [1.29, 1.82) is 0 Å². The Labute approximate surface area is 203 Å². The van der Waals surface area contributed by atoms with Crippen LogP contribution in [0.25, 0.3) is 0 Å².